The van der Waals surface area contributed by atoms with Crippen LogP contribution in [0.3, 0.4) is 0 Å². The van der Waals surface area contributed by atoms with Crippen LogP contribution in [0.5, 0.6) is 0 Å². The van der Waals surface area contributed by atoms with Gasteiger partial charge in [0.1, 0.15) is 0 Å². The van der Waals surface area contributed by atoms with Gasteiger partial charge in [0, 0.05) is 15.6 Å². The molecule has 22 heavy (non-hydrogen) atoms. The monoisotopic (exact) mass is 356 g/mol. The van der Waals surface area contributed by atoms with Crippen LogP contribution in [0.4, 0.5) is 5.69 Å². The van der Waals surface area contributed by atoms with Crippen LogP contribution in [-0.2, 0) is 4.79 Å². The summed E-state index contributed by atoms with van der Waals surface area (Å²) in [4.78, 5) is 23.7. The Morgan fingerprint density at radius 3 is 2.36 bits per heavy atom. The zero-order chi connectivity index (χ0) is 16.1. The highest BCUT2D eigenvalue weighted by Crippen LogP contribution is 2.25. The van der Waals surface area contributed by atoms with E-state index in [4.69, 9.17) is 34.8 Å². The van der Waals surface area contributed by atoms with E-state index in [1.165, 1.54) is 12.1 Å². The molecule has 2 N–H and O–H groups in total. The van der Waals surface area contributed by atoms with E-state index in [1.54, 1.807) is 30.3 Å². The molecular formula is C15H11Cl3N2O2. The Morgan fingerprint density at radius 1 is 0.955 bits per heavy atom. The van der Waals surface area contributed by atoms with E-state index in [0.717, 1.165) is 0 Å². The van der Waals surface area contributed by atoms with Crippen LogP contribution in [0.1, 0.15) is 10.4 Å². The van der Waals surface area contributed by atoms with Crippen molar-refractivity contribution < 1.29 is 9.59 Å². The second-order valence-electron chi connectivity index (χ2n) is 4.37. The molecule has 0 fully saturated rings. The van der Waals surface area contributed by atoms with Crippen LogP contribution >= 0.6 is 34.8 Å². The molecule has 2 aromatic rings. The number of amides is 2. The van der Waals surface area contributed by atoms with Crippen molar-refractivity contribution >= 4 is 52.3 Å². The maximum absolute atomic E-state index is 11.9. The topological polar surface area (TPSA) is 58.2 Å². The standard InChI is InChI=1S/C15H11Cl3N2O2/c16-10-3-1-2-9(6-10)15(22)19-8-14(21)20-13-5-4-11(17)7-12(13)18/h1-7H,8H2,(H,19,22)(H,20,21). The number of anilines is 1. The number of carbonyl (C=O) groups is 2. The Kier molecular flexibility index (Phi) is 5.66. The minimum Gasteiger partial charge on any atom is -0.343 e. The number of benzene rings is 2. The quantitative estimate of drug-likeness (QED) is 0.868. The van der Waals surface area contributed by atoms with Crippen molar-refractivity contribution in [2.75, 3.05) is 11.9 Å². The molecule has 2 aromatic carbocycles. The Balaban J connectivity index is 1.91. The third kappa shape index (κ3) is 4.63. The smallest absolute Gasteiger partial charge is 0.251 e. The molecule has 4 nitrogen and oxygen atoms in total. The van der Waals surface area contributed by atoms with Crippen molar-refractivity contribution in [3.05, 3.63) is 63.1 Å². The molecule has 0 aromatic heterocycles. The van der Waals surface area contributed by atoms with Gasteiger partial charge in [0.15, 0.2) is 0 Å². The normalized spacial score (nSPS) is 10.1. The molecule has 0 atom stereocenters. The van der Waals surface area contributed by atoms with Crippen LogP contribution in [0.2, 0.25) is 15.1 Å². The molecule has 114 valence electrons. The fraction of sp³-hybridized carbons (Fsp3) is 0.0667. The molecule has 0 radical (unpaired) electrons. The molecule has 7 heteroatoms. The lowest BCUT2D eigenvalue weighted by Crippen LogP contribution is -2.32. The van der Waals surface area contributed by atoms with Crippen molar-refractivity contribution in [2.24, 2.45) is 0 Å². The van der Waals surface area contributed by atoms with Crippen LogP contribution in [0.15, 0.2) is 42.5 Å². The highest BCUT2D eigenvalue weighted by atomic mass is 35.5. The van der Waals surface area contributed by atoms with Gasteiger partial charge in [-0.15, -0.1) is 0 Å². The second kappa shape index (κ2) is 7.49. The fourth-order valence-corrected chi connectivity index (χ4v) is 2.32. The van der Waals surface area contributed by atoms with Gasteiger partial charge in [-0.3, -0.25) is 9.59 Å². The van der Waals surface area contributed by atoms with Crippen molar-refractivity contribution in [3.63, 3.8) is 0 Å². The van der Waals surface area contributed by atoms with E-state index in [0.29, 0.717) is 26.3 Å². The van der Waals surface area contributed by atoms with E-state index in [1.807, 2.05) is 0 Å². The number of carbonyl (C=O) groups excluding carboxylic acids is 2. The molecule has 0 aliphatic carbocycles. The first-order chi connectivity index (χ1) is 10.5. The predicted octanol–water partition coefficient (Wildman–Crippen LogP) is 4.02. The van der Waals surface area contributed by atoms with Gasteiger partial charge in [0.05, 0.1) is 17.3 Å². The Hall–Kier alpha value is -1.75. The first kappa shape index (κ1) is 16.6. The maximum Gasteiger partial charge on any atom is 0.251 e. The van der Waals surface area contributed by atoms with Gasteiger partial charge in [-0.25, -0.2) is 0 Å². The van der Waals surface area contributed by atoms with Crippen LogP contribution in [-0.4, -0.2) is 18.4 Å². The van der Waals surface area contributed by atoms with Crippen molar-refractivity contribution in [3.8, 4) is 0 Å². The highest BCUT2D eigenvalue weighted by molar-refractivity contribution is 6.36. The molecular weight excluding hydrogens is 347 g/mol. The molecule has 0 saturated heterocycles. The third-order valence-electron chi connectivity index (χ3n) is 2.70. The summed E-state index contributed by atoms with van der Waals surface area (Å²) in [6.07, 6.45) is 0. The lowest BCUT2D eigenvalue weighted by molar-refractivity contribution is -0.115. The van der Waals surface area contributed by atoms with E-state index < -0.39 is 5.91 Å². The van der Waals surface area contributed by atoms with E-state index in [-0.39, 0.29) is 12.5 Å². The van der Waals surface area contributed by atoms with Gasteiger partial charge in [0.2, 0.25) is 5.91 Å². The summed E-state index contributed by atoms with van der Waals surface area (Å²) in [6, 6.07) is 11.1. The summed E-state index contributed by atoms with van der Waals surface area (Å²) in [6.45, 7) is -0.190. The Morgan fingerprint density at radius 2 is 1.68 bits per heavy atom. The molecule has 0 aliphatic heterocycles. The molecule has 0 aliphatic rings. The summed E-state index contributed by atoms with van der Waals surface area (Å²) in [5.74, 6) is -0.792. The lowest BCUT2D eigenvalue weighted by Gasteiger charge is -2.09. The minimum absolute atomic E-state index is 0.190. The van der Waals surface area contributed by atoms with Gasteiger partial charge in [-0.1, -0.05) is 40.9 Å². The van der Waals surface area contributed by atoms with Gasteiger partial charge in [-0.05, 0) is 36.4 Å². The van der Waals surface area contributed by atoms with Gasteiger partial charge >= 0.3 is 0 Å². The average molecular weight is 358 g/mol. The van der Waals surface area contributed by atoms with Crippen LogP contribution in [0.25, 0.3) is 0 Å². The maximum atomic E-state index is 11.9. The molecule has 0 heterocycles. The lowest BCUT2D eigenvalue weighted by atomic mass is 10.2. The van der Waals surface area contributed by atoms with Crippen molar-refractivity contribution in [1.29, 1.82) is 0 Å². The van der Waals surface area contributed by atoms with E-state index in [2.05, 4.69) is 10.6 Å². The molecule has 2 amide bonds. The van der Waals surface area contributed by atoms with Gasteiger partial charge in [-0.2, -0.15) is 0 Å². The van der Waals surface area contributed by atoms with Gasteiger partial charge in [0.25, 0.3) is 5.91 Å². The summed E-state index contributed by atoms with van der Waals surface area (Å²) in [5, 5.41) is 6.32. The minimum atomic E-state index is -0.403. The SMILES string of the molecule is O=C(CNC(=O)c1cccc(Cl)c1)Nc1ccc(Cl)cc1Cl. The Labute approximate surface area is 142 Å². The summed E-state index contributed by atoms with van der Waals surface area (Å²) >= 11 is 17.5. The largest absolute Gasteiger partial charge is 0.343 e. The first-order valence-electron chi connectivity index (χ1n) is 6.24. The zero-order valence-electron chi connectivity index (χ0n) is 11.2. The third-order valence-corrected chi connectivity index (χ3v) is 3.48. The predicted molar refractivity (Wildman–Crippen MR) is 88.9 cm³/mol. The fourth-order valence-electron chi connectivity index (χ4n) is 1.68. The Bertz CT molecular complexity index is 720. The highest BCUT2D eigenvalue weighted by Gasteiger charge is 2.10. The van der Waals surface area contributed by atoms with Crippen LogP contribution < -0.4 is 10.6 Å². The van der Waals surface area contributed by atoms with E-state index in [9.17, 15) is 9.59 Å². The molecule has 2 rings (SSSR count). The van der Waals surface area contributed by atoms with Crippen molar-refractivity contribution in [2.45, 2.75) is 0 Å². The number of hydrogen-bond donors (Lipinski definition) is 2. The molecule has 0 unspecified atom stereocenters. The number of halogens is 3. The number of hydrogen-bond acceptors (Lipinski definition) is 2. The number of nitrogens with one attached hydrogen (secondary N) is 2. The summed E-state index contributed by atoms with van der Waals surface area (Å²) in [5.41, 5.74) is 0.804. The molecule has 0 spiro atoms. The summed E-state index contributed by atoms with van der Waals surface area (Å²) < 4.78 is 0. The number of rotatable bonds is 4. The zero-order valence-corrected chi connectivity index (χ0v) is 13.5. The van der Waals surface area contributed by atoms with Crippen LogP contribution in [0, 0.1) is 0 Å². The molecule has 0 bridgehead atoms. The first-order valence-corrected chi connectivity index (χ1v) is 7.38. The van der Waals surface area contributed by atoms with Crippen molar-refractivity contribution in [1.82, 2.24) is 5.32 Å². The average Bonchev–Trinajstić information content (AvgIpc) is 2.47. The van der Waals surface area contributed by atoms with E-state index >= 15 is 0 Å². The summed E-state index contributed by atoms with van der Waals surface area (Å²) in [7, 11) is 0. The second-order valence-corrected chi connectivity index (χ2v) is 5.65. The van der Waals surface area contributed by atoms with Gasteiger partial charge < -0.3 is 10.6 Å². The molecule has 0 saturated carbocycles.